The number of rotatable bonds is 31. The smallest absolute Gasteiger partial charge is 0.326 e. The molecule has 0 rings (SSSR count). The van der Waals surface area contributed by atoms with E-state index in [4.69, 9.17) is 22.9 Å². The third-order valence-electron chi connectivity index (χ3n) is 8.62. The summed E-state index contributed by atoms with van der Waals surface area (Å²) in [6, 6.07) is -9.47. The Morgan fingerprint density at radius 1 is 0.491 bits per heavy atom. The molecule has 0 aliphatic heterocycles. The zero-order valence-electron chi connectivity index (χ0n) is 32.8. The summed E-state index contributed by atoms with van der Waals surface area (Å²) in [5.74, 6) is -8.03. The summed E-state index contributed by atoms with van der Waals surface area (Å²) in [6.07, 6.45) is 2.97. The van der Waals surface area contributed by atoms with Crippen molar-refractivity contribution in [2.24, 2.45) is 28.9 Å². The highest BCUT2D eigenvalue weighted by molar-refractivity contribution is 7.80. The van der Waals surface area contributed by atoms with Gasteiger partial charge in [0.05, 0.1) is 19.8 Å². The summed E-state index contributed by atoms with van der Waals surface area (Å²) in [4.78, 5) is 103. The van der Waals surface area contributed by atoms with Crippen molar-refractivity contribution in [3.8, 4) is 0 Å². The maximum Gasteiger partial charge on any atom is 0.326 e. The molecule has 23 heteroatoms. The number of carboxylic acids is 1. The Hall–Kier alpha value is -4.13. The molecule has 0 aromatic rings. The van der Waals surface area contributed by atoms with Gasteiger partial charge in [-0.25, -0.2) is 4.79 Å². The second kappa shape index (κ2) is 30.0. The first-order chi connectivity index (χ1) is 27.0. The number of carbonyl (C=O) groups is 8. The fourth-order valence-corrected chi connectivity index (χ4v) is 5.51. The number of carboxylic acid groups (broad SMARTS) is 1. The van der Waals surface area contributed by atoms with Gasteiger partial charge in [-0.1, -0.05) is 13.8 Å². The summed E-state index contributed by atoms with van der Waals surface area (Å²) >= 11 is 4.00. The summed E-state index contributed by atoms with van der Waals surface area (Å²) in [7, 11) is 0. The number of nitrogens with two attached hydrogens (primary N) is 4. The highest BCUT2D eigenvalue weighted by atomic mass is 32.1. The number of nitrogens with one attached hydrogen (secondary N) is 7. The minimum absolute atomic E-state index is 0.0395. The van der Waals surface area contributed by atoms with E-state index in [0.717, 1.165) is 0 Å². The van der Waals surface area contributed by atoms with Crippen LogP contribution in [-0.2, 0) is 38.4 Å². The second-order valence-electron chi connectivity index (χ2n) is 13.6. The van der Waals surface area contributed by atoms with E-state index in [1.165, 1.54) is 0 Å². The van der Waals surface area contributed by atoms with Gasteiger partial charge in [-0.3, -0.25) is 33.6 Å². The van der Waals surface area contributed by atoms with E-state index >= 15 is 0 Å². The quantitative estimate of drug-likeness (QED) is 0.0229. The molecule has 0 heterocycles. The maximum absolute atomic E-state index is 13.6. The lowest BCUT2D eigenvalue weighted by Gasteiger charge is -2.28. The third-order valence-corrected chi connectivity index (χ3v) is 8.98. The third kappa shape index (κ3) is 20.7. The number of hydrogen-bond acceptors (Lipinski definition) is 15. The number of aliphatic hydroxyl groups excluding tert-OH is 2. The molecule has 0 radical (unpaired) electrons. The van der Waals surface area contributed by atoms with Crippen molar-refractivity contribution in [1.29, 1.82) is 0 Å². The molecule has 0 aromatic carbocycles. The number of thiol groups is 1. The first-order valence-electron chi connectivity index (χ1n) is 19.0. The summed E-state index contributed by atoms with van der Waals surface area (Å²) in [5.41, 5.74) is 22.0. The molecule has 7 amide bonds. The van der Waals surface area contributed by atoms with Gasteiger partial charge in [-0.2, -0.15) is 12.6 Å². The zero-order valence-corrected chi connectivity index (χ0v) is 33.7. The van der Waals surface area contributed by atoms with Crippen molar-refractivity contribution in [1.82, 2.24) is 37.2 Å². The number of unbranched alkanes of at least 4 members (excludes halogenated alkanes) is 3. The Labute approximate surface area is 338 Å². The number of aliphatic hydroxyl groups is 2. The number of carbonyl (C=O) groups excluding carboxylic acids is 7. The van der Waals surface area contributed by atoms with Crippen LogP contribution in [0.15, 0.2) is 0 Å². The molecule has 22 nitrogen and oxygen atoms in total. The number of hydrogen-bond donors (Lipinski definition) is 15. The van der Waals surface area contributed by atoms with Crippen LogP contribution in [-0.4, -0.2) is 150 Å². The molecular formula is C34H65N11O11S. The van der Waals surface area contributed by atoms with Crippen LogP contribution in [0.2, 0.25) is 0 Å². The Morgan fingerprint density at radius 3 is 1.21 bits per heavy atom. The lowest BCUT2D eigenvalue weighted by Crippen LogP contribution is -2.61. The largest absolute Gasteiger partial charge is 0.480 e. The Bertz CT molecular complexity index is 1300. The summed E-state index contributed by atoms with van der Waals surface area (Å²) < 4.78 is 0. The average molecular weight is 836 g/mol. The predicted molar refractivity (Wildman–Crippen MR) is 212 cm³/mol. The molecule has 0 aliphatic rings. The second-order valence-corrected chi connectivity index (χ2v) is 14.0. The van der Waals surface area contributed by atoms with Crippen molar-refractivity contribution in [2.75, 3.05) is 45.1 Å². The average Bonchev–Trinajstić information content (AvgIpc) is 3.18. The molecule has 57 heavy (non-hydrogen) atoms. The van der Waals surface area contributed by atoms with Gasteiger partial charge in [0.1, 0.15) is 42.3 Å². The monoisotopic (exact) mass is 835 g/mol. The molecule has 7 atom stereocenters. The lowest BCUT2D eigenvalue weighted by atomic mass is 10.0. The Balaban J connectivity index is 6.02. The fraction of sp³-hybridized carbons (Fsp3) is 0.765. The molecular weight excluding hydrogens is 771 g/mol. The SMILES string of the molecule is CC(C)[C@H](NC(=O)[C@H](CO)NC(=O)[C@H](CS)NC(=O)CN)C(=O)N[C@@H](CO)C(=O)N[C@@H](CCCCN)C(=O)N[C@@H](CCCCN)C(=O)N[C@@H](CCCCN)C(=O)O. The lowest BCUT2D eigenvalue weighted by molar-refractivity contribution is -0.142. The van der Waals surface area contributed by atoms with Gasteiger partial charge in [0.2, 0.25) is 41.4 Å². The Morgan fingerprint density at radius 2 is 0.842 bits per heavy atom. The normalized spacial score (nSPS) is 14.8. The zero-order chi connectivity index (χ0) is 43.5. The maximum atomic E-state index is 13.6. The first-order valence-corrected chi connectivity index (χ1v) is 19.7. The van der Waals surface area contributed by atoms with E-state index < -0.39 is 115 Å². The molecule has 18 N–H and O–H groups in total. The van der Waals surface area contributed by atoms with Crippen LogP contribution in [0, 0.1) is 5.92 Å². The molecule has 0 aliphatic carbocycles. The molecule has 0 bridgehead atoms. The van der Waals surface area contributed by atoms with Crippen LogP contribution in [0.25, 0.3) is 0 Å². The van der Waals surface area contributed by atoms with Gasteiger partial charge in [0.15, 0.2) is 0 Å². The van der Waals surface area contributed by atoms with Gasteiger partial charge >= 0.3 is 5.97 Å². The van der Waals surface area contributed by atoms with E-state index in [9.17, 15) is 53.7 Å². The van der Waals surface area contributed by atoms with Crippen LogP contribution < -0.4 is 60.2 Å². The van der Waals surface area contributed by atoms with Crippen LogP contribution in [0.5, 0.6) is 0 Å². The van der Waals surface area contributed by atoms with Gasteiger partial charge in [0.25, 0.3) is 0 Å². The topological polar surface area (TPSA) is 386 Å². The van der Waals surface area contributed by atoms with Crippen molar-refractivity contribution < 1.29 is 53.7 Å². The standard InChI is InChI=1S/C34H65N11O11S/c1-19(2)27(45-31(52)24(17-47)43-32(53)25(18-57)39-26(48)15-38)33(54)44-23(16-46)30(51)41-20(9-3-6-12-35)28(49)40-21(10-4-7-13-36)29(50)42-22(34(55)56)11-5-8-14-37/h19-25,27,46-47,57H,3-18,35-38H2,1-2H3,(H,39,48)(H,40,49)(H,41,51)(H,42,50)(H,43,53)(H,44,54)(H,45,52)(H,55,56)/t20-,21-,22-,23-,24-,25-,27-/m0/s1. The van der Waals surface area contributed by atoms with Gasteiger partial charge in [0, 0.05) is 5.75 Å². The van der Waals surface area contributed by atoms with E-state index in [1.54, 1.807) is 13.8 Å². The minimum atomic E-state index is -1.63. The molecule has 0 aromatic heterocycles. The van der Waals surface area contributed by atoms with Crippen LogP contribution in [0.3, 0.4) is 0 Å². The van der Waals surface area contributed by atoms with Gasteiger partial charge < -0.3 is 75.5 Å². The molecule has 0 fully saturated rings. The predicted octanol–water partition coefficient (Wildman–Crippen LogP) is -5.62. The van der Waals surface area contributed by atoms with E-state index in [-0.39, 0.29) is 31.6 Å². The van der Waals surface area contributed by atoms with E-state index in [0.29, 0.717) is 51.6 Å². The van der Waals surface area contributed by atoms with Crippen molar-refractivity contribution in [2.45, 2.75) is 114 Å². The summed E-state index contributed by atoms with van der Waals surface area (Å²) in [6.45, 7) is 1.78. The van der Waals surface area contributed by atoms with E-state index in [2.05, 4.69) is 49.8 Å². The van der Waals surface area contributed by atoms with Crippen molar-refractivity contribution in [3.05, 3.63) is 0 Å². The van der Waals surface area contributed by atoms with Crippen molar-refractivity contribution >= 4 is 59.9 Å². The first kappa shape index (κ1) is 52.9. The number of aliphatic carboxylic acids is 1. The molecule has 0 spiro atoms. The molecule has 328 valence electrons. The number of amides is 7. The van der Waals surface area contributed by atoms with E-state index in [1.807, 2.05) is 0 Å². The Kier molecular flexibility index (Phi) is 27.8. The summed E-state index contributed by atoms with van der Waals surface area (Å²) in [5, 5.41) is 46.5. The highest BCUT2D eigenvalue weighted by Crippen LogP contribution is 2.09. The highest BCUT2D eigenvalue weighted by Gasteiger charge is 2.34. The molecule has 0 saturated carbocycles. The van der Waals surface area contributed by atoms with Crippen LogP contribution in [0.1, 0.15) is 71.6 Å². The van der Waals surface area contributed by atoms with Gasteiger partial charge in [-0.05, 0) is 83.3 Å². The fourth-order valence-electron chi connectivity index (χ4n) is 5.25. The van der Waals surface area contributed by atoms with Crippen molar-refractivity contribution in [3.63, 3.8) is 0 Å². The van der Waals surface area contributed by atoms with Gasteiger partial charge in [-0.15, -0.1) is 0 Å². The molecule has 0 saturated heterocycles. The van der Waals surface area contributed by atoms with Crippen LogP contribution >= 0.6 is 12.6 Å². The minimum Gasteiger partial charge on any atom is -0.480 e. The molecule has 0 unspecified atom stereocenters. The van der Waals surface area contributed by atoms with Crippen LogP contribution in [0.4, 0.5) is 0 Å².